The Morgan fingerprint density at radius 2 is 1.74 bits per heavy atom. The average molecular weight is 505 g/mol. The zero-order chi connectivity index (χ0) is 24.4. The molecule has 0 aliphatic carbocycles. The highest BCUT2D eigenvalue weighted by atomic mass is 35.5. The number of nitrogens with one attached hydrogen (secondary N) is 2. The summed E-state index contributed by atoms with van der Waals surface area (Å²) in [4.78, 5) is 17.1. The molecular weight excluding hydrogens is 484 g/mol. The Labute approximate surface area is 210 Å². The van der Waals surface area contributed by atoms with Gasteiger partial charge in [-0.1, -0.05) is 41.9 Å². The Morgan fingerprint density at radius 1 is 0.971 bits per heavy atom. The number of rotatable bonds is 7. The number of fused-ring (bicyclic) bond motifs is 1. The monoisotopic (exact) mass is 504 g/mol. The van der Waals surface area contributed by atoms with Gasteiger partial charge in [0.1, 0.15) is 0 Å². The number of nitrogens with zero attached hydrogens (tertiary/aromatic N) is 2. The van der Waals surface area contributed by atoms with E-state index >= 15 is 0 Å². The molecule has 0 radical (unpaired) electrons. The molecule has 7 nitrogen and oxygen atoms in total. The van der Waals surface area contributed by atoms with E-state index in [2.05, 4.69) is 15.6 Å². The fraction of sp³-hybridized carbons (Fsp3) is 0.0769. The number of halogens is 1. The molecule has 0 saturated carbocycles. The number of amides is 1. The van der Waals surface area contributed by atoms with Crippen LogP contribution in [0, 0.1) is 0 Å². The Hall–Kier alpha value is -4.01. The fourth-order valence-electron chi connectivity index (χ4n) is 3.93. The van der Waals surface area contributed by atoms with Crippen LogP contribution in [0.15, 0.2) is 79.1 Å². The van der Waals surface area contributed by atoms with Gasteiger partial charge in [0.2, 0.25) is 11.8 Å². The van der Waals surface area contributed by atoms with Crippen LogP contribution in [0.25, 0.3) is 10.8 Å². The number of carbonyl (C=O) groups is 1. The summed E-state index contributed by atoms with van der Waals surface area (Å²) in [6.45, 7) is 0.871. The van der Waals surface area contributed by atoms with Crippen molar-refractivity contribution in [3.63, 3.8) is 0 Å². The second kappa shape index (κ2) is 9.69. The highest BCUT2D eigenvalue weighted by Crippen LogP contribution is 2.41. The summed E-state index contributed by atoms with van der Waals surface area (Å²) in [6.07, 6.45) is 3.46. The van der Waals surface area contributed by atoms with E-state index in [1.165, 1.54) is 15.9 Å². The number of hydrogen-bond donors (Lipinski definition) is 4. The van der Waals surface area contributed by atoms with Crippen LogP contribution in [0.5, 0.6) is 11.8 Å². The molecular formula is C26H21ClN4O3S. The van der Waals surface area contributed by atoms with Gasteiger partial charge in [-0.3, -0.25) is 14.3 Å². The summed E-state index contributed by atoms with van der Waals surface area (Å²) in [5.41, 5.74) is 3.33. The Morgan fingerprint density at radius 3 is 2.51 bits per heavy atom. The minimum absolute atomic E-state index is 0.0759. The summed E-state index contributed by atoms with van der Waals surface area (Å²) in [5, 5.41) is 28.9. The van der Waals surface area contributed by atoms with E-state index in [1.807, 2.05) is 36.4 Å². The molecule has 0 spiro atoms. The Bertz CT molecular complexity index is 1510. The van der Waals surface area contributed by atoms with Gasteiger partial charge in [0.05, 0.1) is 26.8 Å². The number of benzene rings is 2. The minimum Gasteiger partial charge on any atom is -0.494 e. The van der Waals surface area contributed by atoms with Crippen LogP contribution in [0.2, 0.25) is 4.34 Å². The van der Waals surface area contributed by atoms with Crippen molar-refractivity contribution in [2.75, 3.05) is 10.6 Å². The molecule has 9 heteroatoms. The third-order valence-electron chi connectivity index (χ3n) is 5.59. The normalized spacial score (nSPS) is 11.0. The lowest BCUT2D eigenvalue weighted by Gasteiger charge is -2.10. The van der Waals surface area contributed by atoms with Gasteiger partial charge < -0.3 is 20.8 Å². The molecule has 3 aromatic heterocycles. The molecule has 0 unspecified atom stereocenters. The second-order valence-corrected chi connectivity index (χ2v) is 9.64. The lowest BCUT2D eigenvalue weighted by Crippen LogP contribution is -2.10. The van der Waals surface area contributed by atoms with E-state index in [1.54, 1.807) is 42.7 Å². The molecule has 35 heavy (non-hydrogen) atoms. The first-order valence-corrected chi connectivity index (χ1v) is 12.0. The molecule has 176 valence electrons. The standard InChI is InChI=1S/C26H21ClN4O3S/c27-22-8-7-21(35-22)24(32)30-20-6-2-5-19-23(20)26(34)31(25(19)33)15-17-4-1-3-16(13-17)14-29-18-9-11-28-12-10-18/h1-13,33-34H,14-15H2,(H,28,29)(H,30,32). The van der Waals surface area contributed by atoms with Gasteiger partial charge in [-0.2, -0.15) is 0 Å². The molecule has 5 rings (SSSR count). The smallest absolute Gasteiger partial charge is 0.265 e. The molecule has 0 atom stereocenters. The van der Waals surface area contributed by atoms with Crippen LogP contribution in [0.4, 0.5) is 11.4 Å². The molecule has 0 fully saturated rings. The zero-order valence-corrected chi connectivity index (χ0v) is 20.0. The van der Waals surface area contributed by atoms with Gasteiger partial charge in [0.25, 0.3) is 5.91 Å². The van der Waals surface area contributed by atoms with Crippen molar-refractivity contribution in [3.8, 4) is 11.8 Å². The van der Waals surface area contributed by atoms with Crippen LogP contribution in [-0.2, 0) is 13.1 Å². The van der Waals surface area contributed by atoms with Crippen molar-refractivity contribution in [3.05, 3.63) is 99.5 Å². The summed E-state index contributed by atoms with van der Waals surface area (Å²) in [6, 6.07) is 20.1. The van der Waals surface area contributed by atoms with Gasteiger partial charge in [-0.25, -0.2) is 0 Å². The molecule has 3 heterocycles. The van der Waals surface area contributed by atoms with Crippen LogP contribution < -0.4 is 10.6 Å². The molecule has 5 aromatic rings. The summed E-state index contributed by atoms with van der Waals surface area (Å²) in [5.74, 6) is -0.540. The molecule has 1 amide bonds. The maximum atomic E-state index is 12.6. The van der Waals surface area contributed by atoms with Crippen LogP contribution in [-0.4, -0.2) is 25.7 Å². The first-order valence-electron chi connectivity index (χ1n) is 10.8. The van der Waals surface area contributed by atoms with Crippen molar-refractivity contribution in [1.29, 1.82) is 0 Å². The average Bonchev–Trinajstić information content (AvgIpc) is 3.41. The molecule has 2 aromatic carbocycles. The molecule has 4 N–H and O–H groups in total. The van der Waals surface area contributed by atoms with E-state index in [0.29, 0.717) is 32.2 Å². The van der Waals surface area contributed by atoms with E-state index < -0.39 is 0 Å². The van der Waals surface area contributed by atoms with Gasteiger partial charge in [-0.15, -0.1) is 11.3 Å². The molecule has 0 aliphatic heterocycles. The highest BCUT2D eigenvalue weighted by Gasteiger charge is 2.20. The highest BCUT2D eigenvalue weighted by molar-refractivity contribution is 7.18. The fourth-order valence-corrected chi connectivity index (χ4v) is 4.87. The second-order valence-electron chi connectivity index (χ2n) is 7.93. The number of pyridine rings is 1. The van der Waals surface area contributed by atoms with Gasteiger partial charge in [0.15, 0.2) is 0 Å². The van der Waals surface area contributed by atoms with Crippen molar-refractivity contribution in [1.82, 2.24) is 9.55 Å². The quantitative estimate of drug-likeness (QED) is 0.215. The summed E-state index contributed by atoms with van der Waals surface area (Å²) < 4.78 is 1.94. The van der Waals surface area contributed by atoms with E-state index in [9.17, 15) is 15.0 Å². The number of anilines is 2. The maximum Gasteiger partial charge on any atom is 0.265 e. The van der Waals surface area contributed by atoms with E-state index in [0.717, 1.165) is 16.8 Å². The SMILES string of the molecule is O=C(Nc1cccc2c(O)n(Cc3cccc(CNc4ccncc4)c3)c(O)c12)c1ccc(Cl)s1. The van der Waals surface area contributed by atoms with E-state index in [-0.39, 0.29) is 24.2 Å². The van der Waals surface area contributed by atoms with Crippen LogP contribution in [0.3, 0.4) is 0 Å². The van der Waals surface area contributed by atoms with Crippen molar-refractivity contribution < 1.29 is 15.0 Å². The first kappa shape index (κ1) is 22.8. The number of aromatic hydroxyl groups is 2. The third-order valence-corrected chi connectivity index (χ3v) is 6.82. The summed E-state index contributed by atoms with van der Waals surface area (Å²) >= 11 is 7.11. The topological polar surface area (TPSA) is 99.4 Å². The predicted molar refractivity (Wildman–Crippen MR) is 140 cm³/mol. The number of hydrogen-bond acceptors (Lipinski definition) is 6. The lowest BCUT2D eigenvalue weighted by molar-refractivity contribution is 0.103. The van der Waals surface area contributed by atoms with Crippen molar-refractivity contribution >= 4 is 51.0 Å². The first-order chi connectivity index (χ1) is 17.0. The Balaban J connectivity index is 1.40. The maximum absolute atomic E-state index is 12.6. The Kier molecular flexibility index (Phi) is 6.31. The van der Waals surface area contributed by atoms with Gasteiger partial charge >= 0.3 is 0 Å². The zero-order valence-electron chi connectivity index (χ0n) is 18.4. The van der Waals surface area contributed by atoms with E-state index in [4.69, 9.17) is 11.6 Å². The van der Waals surface area contributed by atoms with Crippen molar-refractivity contribution in [2.45, 2.75) is 13.1 Å². The predicted octanol–water partition coefficient (Wildman–Crippen LogP) is 6.08. The molecule has 0 bridgehead atoms. The number of aromatic nitrogens is 2. The molecule has 0 saturated heterocycles. The minimum atomic E-state index is -0.338. The largest absolute Gasteiger partial charge is 0.494 e. The summed E-state index contributed by atoms with van der Waals surface area (Å²) in [7, 11) is 0. The molecule has 0 aliphatic rings. The van der Waals surface area contributed by atoms with Gasteiger partial charge in [0, 0.05) is 30.0 Å². The third kappa shape index (κ3) is 4.80. The van der Waals surface area contributed by atoms with Crippen molar-refractivity contribution in [2.24, 2.45) is 0 Å². The van der Waals surface area contributed by atoms with Crippen LogP contribution >= 0.6 is 22.9 Å². The van der Waals surface area contributed by atoms with Gasteiger partial charge in [-0.05, 0) is 47.5 Å². The number of carbonyl (C=O) groups excluding carboxylic acids is 1. The lowest BCUT2D eigenvalue weighted by atomic mass is 10.1. The number of thiophene rings is 1. The van der Waals surface area contributed by atoms with Crippen LogP contribution in [0.1, 0.15) is 20.8 Å².